The van der Waals surface area contributed by atoms with Gasteiger partial charge in [0.1, 0.15) is 16.4 Å². The number of methoxy groups -OCH3 is 2. The van der Waals surface area contributed by atoms with Crippen LogP contribution in [0, 0.1) is 11.3 Å². The van der Waals surface area contributed by atoms with E-state index in [1.54, 1.807) is 23.0 Å². The maximum atomic E-state index is 13.2. The SMILES string of the molecule is COc1cc(OC)c(S(=O)(=O)N(C)CCC#N)cc1-c1ccnn1-c1ccccc1Cl. The first-order valence-corrected chi connectivity index (χ1v) is 11.1. The quantitative estimate of drug-likeness (QED) is 0.508. The highest BCUT2D eigenvalue weighted by atomic mass is 35.5. The average Bonchev–Trinajstić information content (AvgIpc) is 3.25. The zero-order valence-electron chi connectivity index (χ0n) is 17.2. The molecule has 2 aromatic carbocycles. The van der Waals surface area contributed by atoms with Crippen molar-refractivity contribution in [1.29, 1.82) is 5.26 Å². The third kappa shape index (κ3) is 4.37. The third-order valence-electron chi connectivity index (χ3n) is 4.71. The Hall–Kier alpha value is -3.06. The Labute approximate surface area is 186 Å². The second kappa shape index (κ2) is 9.39. The highest BCUT2D eigenvalue weighted by Gasteiger charge is 2.28. The Morgan fingerprint density at radius 1 is 1.16 bits per heavy atom. The fourth-order valence-electron chi connectivity index (χ4n) is 3.09. The molecule has 0 spiro atoms. The van der Waals surface area contributed by atoms with Gasteiger partial charge in [0, 0.05) is 31.6 Å². The number of sulfonamides is 1. The molecular weight excluding hydrogens is 440 g/mol. The van der Waals surface area contributed by atoms with Crippen LogP contribution in [0.4, 0.5) is 0 Å². The van der Waals surface area contributed by atoms with Gasteiger partial charge in [0.15, 0.2) is 0 Å². The molecule has 0 unspecified atom stereocenters. The number of nitriles is 1. The van der Waals surface area contributed by atoms with Gasteiger partial charge in [-0.3, -0.25) is 0 Å². The van der Waals surface area contributed by atoms with Crippen LogP contribution in [0.3, 0.4) is 0 Å². The van der Waals surface area contributed by atoms with Crippen LogP contribution >= 0.6 is 11.6 Å². The minimum Gasteiger partial charge on any atom is -0.496 e. The van der Waals surface area contributed by atoms with Crippen LogP contribution in [0.1, 0.15) is 6.42 Å². The van der Waals surface area contributed by atoms with Crippen LogP contribution in [-0.2, 0) is 10.0 Å². The molecule has 0 saturated carbocycles. The molecule has 0 atom stereocenters. The van der Waals surface area contributed by atoms with E-state index < -0.39 is 10.0 Å². The number of ether oxygens (including phenoxy) is 2. The second-order valence-electron chi connectivity index (χ2n) is 6.52. The van der Waals surface area contributed by atoms with Crippen LogP contribution < -0.4 is 9.47 Å². The van der Waals surface area contributed by atoms with Gasteiger partial charge in [-0.15, -0.1) is 0 Å². The summed E-state index contributed by atoms with van der Waals surface area (Å²) >= 11 is 6.35. The molecule has 0 aliphatic carbocycles. The molecule has 3 rings (SSSR count). The molecule has 10 heteroatoms. The number of benzene rings is 2. The molecule has 0 aliphatic rings. The highest BCUT2D eigenvalue weighted by molar-refractivity contribution is 7.89. The monoisotopic (exact) mass is 460 g/mol. The van der Waals surface area contributed by atoms with E-state index in [9.17, 15) is 8.42 Å². The number of aromatic nitrogens is 2. The lowest BCUT2D eigenvalue weighted by atomic mass is 10.1. The summed E-state index contributed by atoms with van der Waals surface area (Å²) in [5.74, 6) is 0.539. The molecule has 3 aromatic rings. The molecule has 0 bridgehead atoms. The predicted molar refractivity (Wildman–Crippen MR) is 117 cm³/mol. The number of nitrogens with zero attached hydrogens (tertiary/aromatic N) is 4. The Bertz CT molecular complexity index is 1230. The number of para-hydroxylation sites is 1. The highest BCUT2D eigenvalue weighted by Crippen LogP contribution is 2.40. The summed E-state index contributed by atoms with van der Waals surface area (Å²) < 4.78 is 40.0. The first kappa shape index (κ1) is 22.6. The van der Waals surface area contributed by atoms with Crippen molar-refractivity contribution in [3.8, 4) is 34.5 Å². The van der Waals surface area contributed by atoms with Gasteiger partial charge in [0.2, 0.25) is 10.0 Å². The predicted octanol–water partition coefficient (Wildman–Crippen LogP) is 3.74. The fourth-order valence-corrected chi connectivity index (χ4v) is 4.64. The average molecular weight is 461 g/mol. The zero-order chi connectivity index (χ0) is 22.6. The lowest BCUT2D eigenvalue weighted by molar-refractivity contribution is 0.384. The Balaban J connectivity index is 2.22. The summed E-state index contributed by atoms with van der Waals surface area (Å²) in [4.78, 5) is -0.0434. The summed E-state index contributed by atoms with van der Waals surface area (Å²) in [6.45, 7) is 0.0565. The number of hydrogen-bond donors (Lipinski definition) is 0. The minimum absolute atomic E-state index is 0.0434. The molecular formula is C21H21ClN4O4S. The van der Waals surface area contributed by atoms with E-state index in [0.29, 0.717) is 27.7 Å². The number of halogens is 1. The van der Waals surface area contributed by atoms with Crippen molar-refractivity contribution < 1.29 is 17.9 Å². The molecule has 0 N–H and O–H groups in total. The van der Waals surface area contributed by atoms with Crippen LogP contribution in [0.2, 0.25) is 5.02 Å². The van der Waals surface area contributed by atoms with Crippen molar-refractivity contribution in [2.75, 3.05) is 27.8 Å². The molecule has 0 fully saturated rings. The third-order valence-corrected chi connectivity index (χ3v) is 6.91. The zero-order valence-corrected chi connectivity index (χ0v) is 18.8. The van der Waals surface area contributed by atoms with E-state index in [1.165, 1.54) is 33.4 Å². The van der Waals surface area contributed by atoms with Crippen LogP contribution in [0.25, 0.3) is 16.9 Å². The van der Waals surface area contributed by atoms with Crippen LogP contribution in [0.5, 0.6) is 11.5 Å². The Morgan fingerprint density at radius 2 is 1.87 bits per heavy atom. The maximum absolute atomic E-state index is 13.2. The van der Waals surface area contributed by atoms with Crippen molar-refractivity contribution in [2.45, 2.75) is 11.3 Å². The summed E-state index contributed by atoms with van der Waals surface area (Å²) in [7, 11) is 0.362. The second-order valence-corrected chi connectivity index (χ2v) is 8.94. The van der Waals surface area contributed by atoms with Crippen LogP contribution in [0.15, 0.2) is 53.6 Å². The fraction of sp³-hybridized carbons (Fsp3) is 0.238. The Morgan fingerprint density at radius 3 is 2.52 bits per heavy atom. The van der Waals surface area contributed by atoms with Gasteiger partial charge in [-0.05, 0) is 24.3 Å². The normalized spacial score (nSPS) is 11.4. The lowest BCUT2D eigenvalue weighted by Gasteiger charge is -2.20. The van der Waals surface area contributed by atoms with E-state index in [2.05, 4.69) is 5.10 Å². The van der Waals surface area contributed by atoms with E-state index in [0.717, 1.165) is 4.31 Å². The molecule has 8 nitrogen and oxygen atoms in total. The van der Waals surface area contributed by atoms with E-state index >= 15 is 0 Å². The lowest BCUT2D eigenvalue weighted by Crippen LogP contribution is -2.28. The topological polar surface area (TPSA) is 97.4 Å². The molecule has 0 saturated heterocycles. The van der Waals surface area contributed by atoms with Crippen molar-refractivity contribution in [1.82, 2.24) is 14.1 Å². The van der Waals surface area contributed by atoms with Gasteiger partial charge in [-0.2, -0.15) is 14.7 Å². The summed E-state index contributed by atoms with van der Waals surface area (Å²) in [5.41, 5.74) is 1.72. The van der Waals surface area contributed by atoms with Gasteiger partial charge in [0.05, 0.1) is 42.9 Å². The molecule has 0 radical (unpaired) electrons. The van der Waals surface area contributed by atoms with E-state index in [1.807, 2.05) is 24.3 Å². The molecule has 31 heavy (non-hydrogen) atoms. The van der Waals surface area contributed by atoms with Crippen molar-refractivity contribution in [2.24, 2.45) is 0 Å². The van der Waals surface area contributed by atoms with Gasteiger partial charge in [-0.1, -0.05) is 23.7 Å². The molecule has 1 aromatic heterocycles. The molecule has 1 heterocycles. The van der Waals surface area contributed by atoms with Crippen molar-refractivity contribution in [3.05, 3.63) is 53.7 Å². The number of rotatable bonds is 8. The van der Waals surface area contributed by atoms with Gasteiger partial charge >= 0.3 is 0 Å². The van der Waals surface area contributed by atoms with Crippen molar-refractivity contribution in [3.63, 3.8) is 0 Å². The first-order chi connectivity index (χ1) is 14.8. The van der Waals surface area contributed by atoms with Gasteiger partial charge < -0.3 is 9.47 Å². The minimum atomic E-state index is -3.93. The summed E-state index contributed by atoms with van der Waals surface area (Å²) in [6, 6.07) is 13.9. The number of hydrogen-bond acceptors (Lipinski definition) is 6. The summed E-state index contributed by atoms with van der Waals surface area (Å²) in [5, 5.41) is 13.7. The standard InChI is InChI=1S/C21H21ClN4O4S/c1-25(12-6-10-23)31(27,28)21-13-15(19(29-2)14-20(21)30-3)17-9-11-24-26(17)18-8-5-4-7-16(18)22/h4-5,7-9,11,13-14H,6,12H2,1-3H3. The smallest absolute Gasteiger partial charge is 0.246 e. The first-order valence-electron chi connectivity index (χ1n) is 9.23. The maximum Gasteiger partial charge on any atom is 0.246 e. The van der Waals surface area contributed by atoms with E-state index in [-0.39, 0.29) is 23.6 Å². The van der Waals surface area contributed by atoms with E-state index in [4.69, 9.17) is 26.3 Å². The largest absolute Gasteiger partial charge is 0.496 e. The van der Waals surface area contributed by atoms with Gasteiger partial charge in [-0.25, -0.2) is 13.1 Å². The van der Waals surface area contributed by atoms with Crippen molar-refractivity contribution >= 4 is 21.6 Å². The molecule has 0 aliphatic heterocycles. The summed E-state index contributed by atoms with van der Waals surface area (Å²) in [6.07, 6.45) is 1.66. The Kier molecular flexibility index (Phi) is 6.85. The van der Waals surface area contributed by atoms with Gasteiger partial charge in [0.25, 0.3) is 0 Å². The van der Waals surface area contributed by atoms with Crippen LogP contribution in [-0.4, -0.2) is 50.3 Å². The molecule has 0 amide bonds. The molecule has 162 valence electrons.